The molecule has 4 nitrogen and oxygen atoms in total. The number of rotatable bonds is 5. The van der Waals surface area contributed by atoms with Crippen LogP contribution in [0.4, 0.5) is 5.69 Å². The number of anilines is 1. The fourth-order valence-electron chi connectivity index (χ4n) is 2.59. The standard InChI is InChI=1S/C15H22N2O2/c1-19-14-7-6-13(10-14)17-15(18)8-5-11-3-2-4-12(16)9-11/h2-4,9,13-14H,5-8,10,16H2,1H3,(H,17,18). The van der Waals surface area contributed by atoms with Gasteiger partial charge in [0.05, 0.1) is 6.10 Å². The lowest BCUT2D eigenvalue weighted by atomic mass is 10.1. The van der Waals surface area contributed by atoms with E-state index in [1.165, 1.54) is 0 Å². The number of nitrogens with two attached hydrogens (primary N) is 1. The first-order valence-corrected chi connectivity index (χ1v) is 6.84. The van der Waals surface area contributed by atoms with E-state index < -0.39 is 0 Å². The van der Waals surface area contributed by atoms with Crippen molar-refractivity contribution in [1.29, 1.82) is 0 Å². The van der Waals surface area contributed by atoms with E-state index in [-0.39, 0.29) is 11.9 Å². The van der Waals surface area contributed by atoms with Gasteiger partial charge in [-0.2, -0.15) is 0 Å². The first-order valence-electron chi connectivity index (χ1n) is 6.84. The Morgan fingerprint density at radius 3 is 3.00 bits per heavy atom. The average molecular weight is 262 g/mol. The molecule has 3 N–H and O–H groups in total. The molecule has 1 aromatic carbocycles. The minimum atomic E-state index is 0.115. The van der Waals surface area contributed by atoms with E-state index in [0.29, 0.717) is 12.5 Å². The second kappa shape index (κ2) is 6.57. The zero-order chi connectivity index (χ0) is 13.7. The number of methoxy groups -OCH3 is 1. The molecule has 1 amide bonds. The van der Waals surface area contributed by atoms with Crippen molar-refractivity contribution in [2.24, 2.45) is 0 Å². The smallest absolute Gasteiger partial charge is 0.220 e. The number of aryl methyl sites for hydroxylation is 1. The molecule has 1 fully saturated rings. The molecular formula is C15H22N2O2. The lowest BCUT2D eigenvalue weighted by molar-refractivity contribution is -0.121. The third-order valence-electron chi connectivity index (χ3n) is 3.67. The van der Waals surface area contributed by atoms with Gasteiger partial charge in [-0.05, 0) is 43.4 Å². The summed E-state index contributed by atoms with van der Waals surface area (Å²) in [5.74, 6) is 0.115. The highest BCUT2D eigenvalue weighted by atomic mass is 16.5. The fraction of sp³-hybridized carbons (Fsp3) is 0.533. The van der Waals surface area contributed by atoms with E-state index in [2.05, 4.69) is 5.32 Å². The molecule has 0 saturated heterocycles. The second-order valence-electron chi connectivity index (χ2n) is 5.18. The molecule has 0 spiro atoms. The molecule has 19 heavy (non-hydrogen) atoms. The summed E-state index contributed by atoms with van der Waals surface area (Å²) in [6.45, 7) is 0. The molecule has 2 atom stereocenters. The minimum Gasteiger partial charge on any atom is -0.399 e. The Morgan fingerprint density at radius 2 is 2.32 bits per heavy atom. The summed E-state index contributed by atoms with van der Waals surface area (Å²) >= 11 is 0. The third-order valence-corrected chi connectivity index (χ3v) is 3.67. The quantitative estimate of drug-likeness (QED) is 0.796. The highest BCUT2D eigenvalue weighted by molar-refractivity contribution is 5.76. The number of ether oxygens (including phenoxy) is 1. The van der Waals surface area contributed by atoms with E-state index in [4.69, 9.17) is 10.5 Å². The Bertz CT molecular complexity index is 434. The zero-order valence-corrected chi connectivity index (χ0v) is 11.4. The van der Waals surface area contributed by atoms with Crippen LogP contribution < -0.4 is 11.1 Å². The molecule has 1 saturated carbocycles. The molecular weight excluding hydrogens is 240 g/mol. The predicted molar refractivity (Wildman–Crippen MR) is 75.8 cm³/mol. The van der Waals surface area contributed by atoms with Gasteiger partial charge in [0, 0.05) is 25.3 Å². The van der Waals surface area contributed by atoms with Crippen molar-refractivity contribution in [1.82, 2.24) is 5.32 Å². The van der Waals surface area contributed by atoms with Gasteiger partial charge in [-0.3, -0.25) is 4.79 Å². The van der Waals surface area contributed by atoms with Crippen molar-refractivity contribution in [3.63, 3.8) is 0 Å². The summed E-state index contributed by atoms with van der Waals surface area (Å²) in [6.07, 6.45) is 4.54. The summed E-state index contributed by atoms with van der Waals surface area (Å²) in [7, 11) is 1.73. The van der Waals surface area contributed by atoms with Gasteiger partial charge in [-0.15, -0.1) is 0 Å². The Kier molecular flexibility index (Phi) is 4.80. The number of nitrogens with one attached hydrogen (secondary N) is 1. The van der Waals surface area contributed by atoms with Crippen LogP contribution in [0.25, 0.3) is 0 Å². The number of hydrogen-bond acceptors (Lipinski definition) is 3. The molecule has 0 aromatic heterocycles. The van der Waals surface area contributed by atoms with E-state index in [0.717, 1.165) is 36.9 Å². The molecule has 2 unspecified atom stereocenters. The highest BCUT2D eigenvalue weighted by Crippen LogP contribution is 2.21. The van der Waals surface area contributed by atoms with Crippen LogP contribution in [0.5, 0.6) is 0 Å². The minimum absolute atomic E-state index is 0.115. The van der Waals surface area contributed by atoms with Gasteiger partial charge in [0.1, 0.15) is 0 Å². The summed E-state index contributed by atoms with van der Waals surface area (Å²) in [5, 5.41) is 3.08. The normalized spacial score (nSPS) is 22.4. The SMILES string of the molecule is COC1CCC(NC(=O)CCc2cccc(N)c2)C1. The molecule has 0 heterocycles. The summed E-state index contributed by atoms with van der Waals surface area (Å²) < 4.78 is 5.30. The largest absolute Gasteiger partial charge is 0.399 e. The van der Waals surface area contributed by atoms with Gasteiger partial charge in [-0.1, -0.05) is 12.1 Å². The van der Waals surface area contributed by atoms with Crippen LogP contribution in [0.3, 0.4) is 0 Å². The maximum atomic E-state index is 11.9. The first-order chi connectivity index (χ1) is 9.17. The molecule has 0 bridgehead atoms. The maximum absolute atomic E-state index is 11.9. The molecule has 1 aliphatic rings. The van der Waals surface area contributed by atoms with Gasteiger partial charge in [0.15, 0.2) is 0 Å². The Balaban J connectivity index is 1.73. The van der Waals surface area contributed by atoms with Crippen LogP contribution in [0.1, 0.15) is 31.2 Å². The lowest BCUT2D eigenvalue weighted by Gasteiger charge is -2.13. The molecule has 0 radical (unpaired) electrons. The van der Waals surface area contributed by atoms with Crippen LogP contribution in [-0.4, -0.2) is 25.2 Å². The molecule has 1 aromatic rings. The Hall–Kier alpha value is -1.55. The third kappa shape index (κ3) is 4.24. The number of benzene rings is 1. The molecule has 0 aliphatic heterocycles. The van der Waals surface area contributed by atoms with Crippen LogP contribution in [0.2, 0.25) is 0 Å². The summed E-state index contributed by atoms with van der Waals surface area (Å²) in [5.41, 5.74) is 7.57. The molecule has 104 valence electrons. The number of amides is 1. The van der Waals surface area contributed by atoms with Crippen LogP contribution >= 0.6 is 0 Å². The number of carbonyl (C=O) groups is 1. The Morgan fingerprint density at radius 1 is 1.47 bits per heavy atom. The van der Waals surface area contributed by atoms with Crippen molar-refractivity contribution in [3.8, 4) is 0 Å². The van der Waals surface area contributed by atoms with Crippen LogP contribution in [-0.2, 0) is 16.0 Å². The summed E-state index contributed by atoms with van der Waals surface area (Å²) in [6, 6.07) is 7.97. The lowest BCUT2D eigenvalue weighted by Crippen LogP contribution is -2.33. The molecule has 1 aliphatic carbocycles. The van der Waals surface area contributed by atoms with Gasteiger partial charge >= 0.3 is 0 Å². The van der Waals surface area contributed by atoms with Gasteiger partial charge < -0.3 is 15.8 Å². The van der Waals surface area contributed by atoms with Crippen LogP contribution in [0, 0.1) is 0 Å². The Labute approximate surface area is 114 Å². The first kappa shape index (κ1) is 13.9. The van der Waals surface area contributed by atoms with Crippen molar-refractivity contribution in [3.05, 3.63) is 29.8 Å². The monoisotopic (exact) mass is 262 g/mol. The van der Waals surface area contributed by atoms with E-state index >= 15 is 0 Å². The van der Waals surface area contributed by atoms with Gasteiger partial charge in [0.25, 0.3) is 0 Å². The van der Waals surface area contributed by atoms with E-state index in [1.807, 2.05) is 24.3 Å². The molecule has 2 rings (SSSR count). The fourth-order valence-corrected chi connectivity index (χ4v) is 2.59. The number of nitrogen functional groups attached to an aromatic ring is 1. The number of hydrogen-bond donors (Lipinski definition) is 2. The van der Waals surface area contributed by atoms with E-state index in [9.17, 15) is 4.79 Å². The van der Waals surface area contributed by atoms with Crippen molar-refractivity contribution in [2.45, 2.75) is 44.2 Å². The van der Waals surface area contributed by atoms with Gasteiger partial charge in [-0.25, -0.2) is 0 Å². The van der Waals surface area contributed by atoms with Crippen molar-refractivity contribution >= 4 is 11.6 Å². The van der Waals surface area contributed by atoms with Crippen molar-refractivity contribution in [2.75, 3.05) is 12.8 Å². The number of carbonyl (C=O) groups excluding carboxylic acids is 1. The van der Waals surface area contributed by atoms with Crippen LogP contribution in [0.15, 0.2) is 24.3 Å². The van der Waals surface area contributed by atoms with E-state index in [1.54, 1.807) is 7.11 Å². The second-order valence-corrected chi connectivity index (χ2v) is 5.18. The topological polar surface area (TPSA) is 64.3 Å². The highest BCUT2D eigenvalue weighted by Gasteiger charge is 2.25. The predicted octanol–water partition coefficient (Wildman–Crippen LogP) is 1.89. The average Bonchev–Trinajstić information content (AvgIpc) is 2.84. The maximum Gasteiger partial charge on any atom is 0.220 e. The summed E-state index contributed by atoms with van der Waals surface area (Å²) in [4.78, 5) is 11.9. The zero-order valence-electron chi connectivity index (χ0n) is 11.4. The van der Waals surface area contributed by atoms with Crippen molar-refractivity contribution < 1.29 is 9.53 Å². The molecule has 4 heteroatoms. The van der Waals surface area contributed by atoms with Gasteiger partial charge in [0.2, 0.25) is 5.91 Å².